The Labute approximate surface area is 95.9 Å². The molecule has 2 aliphatic rings. The molecular formula is C12H19NO3. The molecule has 0 unspecified atom stereocenters. The molecular weight excluding hydrogens is 206 g/mol. The maximum atomic E-state index is 11.9. The van der Waals surface area contributed by atoms with Crippen molar-refractivity contribution in [2.45, 2.75) is 32.1 Å². The molecule has 0 aromatic carbocycles. The molecule has 2 fully saturated rings. The van der Waals surface area contributed by atoms with Crippen molar-refractivity contribution in [3.05, 3.63) is 0 Å². The van der Waals surface area contributed by atoms with Gasteiger partial charge in [-0.2, -0.15) is 0 Å². The number of rotatable bonds is 3. The average Bonchev–Trinajstić information content (AvgIpc) is 3.12. The molecule has 1 saturated heterocycles. The maximum absolute atomic E-state index is 11.9. The number of hydrogen-bond acceptors (Lipinski definition) is 3. The van der Waals surface area contributed by atoms with Gasteiger partial charge in [0, 0.05) is 19.5 Å². The van der Waals surface area contributed by atoms with Crippen LogP contribution in [0.4, 0.5) is 0 Å². The van der Waals surface area contributed by atoms with Crippen LogP contribution in [0.25, 0.3) is 0 Å². The fraction of sp³-hybridized carbons (Fsp3) is 0.833. The highest BCUT2D eigenvalue weighted by Gasteiger charge is 2.32. The second-order valence-electron chi connectivity index (χ2n) is 4.85. The van der Waals surface area contributed by atoms with Crippen molar-refractivity contribution in [3.63, 3.8) is 0 Å². The molecule has 0 spiro atoms. The molecule has 1 aliphatic heterocycles. The molecule has 16 heavy (non-hydrogen) atoms. The fourth-order valence-electron chi connectivity index (χ4n) is 2.26. The van der Waals surface area contributed by atoms with Gasteiger partial charge in [-0.25, -0.2) is 0 Å². The number of ether oxygens (including phenoxy) is 1. The van der Waals surface area contributed by atoms with Crippen LogP contribution in [-0.4, -0.2) is 37.0 Å². The Morgan fingerprint density at radius 1 is 1.31 bits per heavy atom. The number of hydrogen-bond donors (Lipinski definition) is 0. The number of methoxy groups -OCH3 is 1. The van der Waals surface area contributed by atoms with Crippen molar-refractivity contribution < 1.29 is 14.3 Å². The molecule has 4 nitrogen and oxygen atoms in total. The first-order valence-electron chi connectivity index (χ1n) is 6.06. The third-order valence-corrected chi connectivity index (χ3v) is 3.47. The summed E-state index contributed by atoms with van der Waals surface area (Å²) in [4.78, 5) is 25.1. The lowest BCUT2D eigenvalue weighted by Gasteiger charge is -2.31. The van der Waals surface area contributed by atoms with Gasteiger partial charge in [-0.05, 0) is 31.6 Å². The molecule has 0 aromatic heterocycles. The molecule has 0 radical (unpaired) electrons. The molecule has 0 N–H and O–H groups in total. The first kappa shape index (κ1) is 11.4. The Balaban J connectivity index is 1.85. The highest BCUT2D eigenvalue weighted by Crippen LogP contribution is 2.33. The van der Waals surface area contributed by atoms with Crippen LogP contribution in [0.2, 0.25) is 0 Å². The number of carbonyl (C=O) groups is 2. The first-order valence-corrected chi connectivity index (χ1v) is 6.06. The van der Waals surface area contributed by atoms with Gasteiger partial charge in [0.2, 0.25) is 5.91 Å². The summed E-state index contributed by atoms with van der Waals surface area (Å²) in [6, 6.07) is 0. The van der Waals surface area contributed by atoms with Gasteiger partial charge in [-0.1, -0.05) is 0 Å². The lowest BCUT2D eigenvalue weighted by atomic mass is 9.98. The Morgan fingerprint density at radius 3 is 2.69 bits per heavy atom. The predicted octanol–water partition coefficient (Wildman–Crippen LogP) is 1.20. The summed E-state index contributed by atoms with van der Waals surface area (Å²) in [5, 5.41) is 0. The number of amides is 1. The number of esters is 1. The van der Waals surface area contributed by atoms with E-state index in [9.17, 15) is 9.59 Å². The molecule has 0 bridgehead atoms. The molecule has 0 aromatic rings. The molecule has 1 saturated carbocycles. The van der Waals surface area contributed by atoms with Gasteiger partial charge in [0.15, 0.2) is 0 Å². The highest BCUT2D eigenvalue weighted by molar-refractivity contribution is 5.78. The topological polar surface area (TPSA) is 46.6 Å². The Hall–Kier alpha value is -1.06. The van der Waals surface area contributed by atoms with Crippen LogP contribution in [0, 0.1) is 11.8 Å². The predicted molar refractivity (Wildman–Crippen MR) is 58.7 cm³/mol. The average molecular weight is 225 g/mol. The second-order valence-corrected chi connectivity index (χ2v) is 4.85. The van der Waals surface area contributed by atoms with Crippen LogP contribution < -0.4 is 0 Å². The smallest absolute Gasteiger partial charge is 0.310 e. The van der Waals surface area contributed by atoms with Crippen LogP contribution in [0.3, 0.4) is 0 Å². The van der Waals surface area contributed by atoms with E-state index in [0.29, 0.717) is 18.9 Å². The lowest BCUT2D eigenvalue weighted by Crippen LogP contribution is -2.42. The van der Waals surface area contributed by atoms with Gasteiger partial charge in [-0.15, -0.1) is 0 Å². The lowest BCUT2D eigenvalue weighted by molar-refractivity contribution is -0.149. The van der Waals surface area contributed by atoms with Crippen LogP contribution in [0.1, 0.15) is 32.1 Å². The van der Waals surface area contributed by atoms with Crippen LogP contribution >= 0.6 is 0 Å². The standard InChI is InChI=1S/C12H19NO3/c1-16-12(15)10-3-2-6-13(8-10)11(14)7-9-4-5-9/h9-10H,2-8H2,1H3/t10-/m0/s1. The van der Waals surface area contributed by atoms with Gasteiger partial charge in [0.05, 0.1) is 13.0 Å². The van der Waals surface area contributed by atoms with Gasteiger partial charge in [-0.3, -0.25) is 9.59 Å². The van der Waals surface area contributed by atoms with E-state index in [2.05, 4.69) is 0 Å². The van der Waals surface area contributed by atoms with E-state index < -0.39 is 0 Å². The number of nitrogens with zero attached hydrogens (tertiary/aromatic N) is 1. The summed E-state index contributed by atoms with van der Waals surface area (Å²) >= 11 is 0. The molecule has 1 atom stereocenters. The van der Waals surface area contributed by atoms with Gasteiger partial charge < -0.3 is 9.64 Å². The van der Waals surface area contributed by atoms with E-state index in [4.69, 9.17) is 4.74 Å². The third-order valence-electron chi connectivity index (χ3n) is 3.47. The van der Waals surface area contributed by atoms with Gasteiger partial charge in [0.1, 0.15) is 0 Å². The minimum atomic E-state index is -0.177. The molecule has 4 heteroatoms. The zero-order valence-electron chi connectivity index (χ0n) is 9.78. The summed E-state index contributed by atoms with van der Waals surface area (Å²) in [7, 11) is 1.41. The summed E-state index contributed by atoms with van der Waals surface area (Å²) in [6.45, 7) is 1.36. The minimum absolute atomic E-state index is 0.109. The van der Waals surface area contributed by atoms with Crippen LogP contribution in [0.15, 0.2) is 0 Å². The quantitative estimate of drug-likeness (QED) is 0.678. The third kappa shape index (κ3) is 2.74. The van der Waals surface area contributed by atoms with Crippen molar-refractivity contribution >= 4 is 11.9 Å². The van der Waals surface area contributed by atoms with Crippen molar-refractivity contribution in [2.24, 2.45) is 11.8 Å². The fourth-order valence-corrected chi connectivity index (χ4v) is 2.26. The van der Waals surface area contributed by atoms with Gasteiger partial charge in [0.25, 0.3) is 0 Å². The Bertz CT molecular complexity index is 286. The number of carbonyl (C=O) groups excluding carboxylic acids is 2. The van der Waals surface area contributed by atoms with E-state index >= 15 is 0 Å². The Kier molecular flexibility index (Phi) is 3.46. The minimum Gasteiger partial charge on any atom is -0.469 e. The summed E-state index contributed by atoms with van der Waals surface area (Å²) in [5.41, 5.74) is 0. The van der Waals surface area contributed by atoms with E-state index in [1.807, 2.05) is 4.90 Å². The monoisotopic (exact) mass is 225 g/mol. The van der Waals surface area contributed by atoms with E-state index in [0.717, 1.165) is 19.4 Å². The van der Waals surface area contributed by atoms with E-state index in [1.54, 1.807) is 0 Å². The van der Waals surface area contributed by atoms with Crippen molar-refractivity contribution in [2.75, 3.05) is 20.2 Å². The molecule has 1 heterocycles. The Morgan fingerprint density at radius 2 is 2.06 bits per heavy atom. The second kappa shape index (κ2) is 4.85. The number of piperidine rings is 1. The summed E-state index contributed by atoms with van der Waals surface area (Å²) < 4.78 is 4.73. The molecule has 90 valence electrons. The zero-order valence-corrected chi connectivity index (χ0v) is 9.78. The molecule has 2 rings (SSSR count). The maximum Gasteiger partial charge on any atom is 0.310 e. The molecule has 1 amide bonds. The van der Waals surface area contributed by atoms with Crippen LogP contribution in [0.5, 0.6) is 0 Å². The van der Waals surface area contributed by atoms with Crippen molar-refractivity contribution in [3.8, 4) is 0 Å². The van der Waals surface area contributed by atoms with Crippen LogP contribution in [-0.2, 0) is 14.3 Å². The normalized spacial score (nSPS) is 25.3. The van der Waals surface area contributed by atoms with Crippen molar-refractivity contribution in [1.29, 1.82) is 0 Å². The summed E-state index contributed by atoms with van der Waals surface area (Å²) in [5.74, 6) is 0.549. The number of likely N-dealkylation sites (tertiary alicyclic amines) is 1. The SMILES string of the molecule is COC(=O)[C@H]1CCCN(C(=O)CC2CC2)C1. The first-order chi connectivity index (χ1) is 7.70. The highest BCUT2D eigenvalue weighted by atomic mass is 16.5. The van der Waals surface area contributed by atoms with Gasteiger partial charge >= 0.3 is 5.97 Å². The summed E-state index contributed by atoms with van der Waals surface area (Å²) in [6.07, 6.45) is 4.82. The largest absolute Gasteiger partial charge is 0.469 e. The van der Waals surface area contributed by atoms with Crippen molar-refractivity contribution in [1.82, 2.24) is 4.90 Å². The van der Waals surface area contributed by atoms with E-state index in [-0.39, 0.29) is 17.8 Å². The van der Waals surface area contributed by atoms with E-state index in [1.165, 1.54) is 20.0 Å². The zero-order chi connectivity index (χ0) is 11.5. The molecule has 1 aliphatic carbocycles.